The van der Waals surface area contributed by atoms with E-state index in [0.717, 1.165) is 4.47 Å². The Labute approximate surface area is 102 Å². The third kappa shape index (κ3) is 3.07. The highest BCUT2D eigenvalue weighted by atomic mass is 79.9. The lowest BCUT2D eigenvalue weighted by Gasteiger charge is -2.09. The molecule has 0 aliphatic rings. The maximum Gasteiger partial charge on any atom is 0.387 e. The zero-order valence-corrected chi connectivity index (χ0v) is 10.7. The molecule has 0 bridgehead atoms. The third-order valence-corrected chi connectivity index (χ3v) is 3.11. The molecule has 0 aliphatic carbocycles. The minimum absolute atomic E-state index is 0.0823. The van der Waals surface area contributed by atoms with Crippen molar-refractivity contribution in [3.05, 3.63) is 26.6 Å². The third-order valence-electron chi connectivity index (χ3n) is 1.46. The summed E-state index contributed by atoms with van der Waals surface area (Å²) in [4.78, 5) is 0. The van der Waals surface area contributed by atoms with Crippen LogP contribution in [0.3, 0.4) is 0 Å². The number of hydrogen-bond donors (Lipinski definition) is 0. The van der Waals surface area contributed by atoms with E-state index in [0.29, 0.717) is 10.0 Å². The number of alkyl halides is 3. The van der Waals surface area contributed by atoms with Gasteiger partial charge in [0.1, 0.15) is 5.75 Å². The summed E-state index contributed by atoms with van der Waals surface area (Å²) in [7, 11) is 0. The van der Waals surface area contributed by atoms with E-state index in [9.17, 15) is 8.78 Å². The second-order valence-corrected chi connectivity index (χ2v) is 4.36. The molecule has 0 atom stereocenters. The first kappa shape index (κ1) is 12.2. The number of halogens is 5. The monoisotopic (exact) mass is 348 g/mol. The Kier molecular flexibility index (Phi) is 4.60. The standard InChI is InChI=1S/C8H5Br2ClF2O/c9-5-2-6(10)7(14-8(12)13)1-4(5)3-11/h1-2,8H,3H2. The van der Waals surface area contributed by atoms with E-state index in [4.69, 9.17) is 11.6 Å². The molecule has 0 unspecified atom stereocenters. The lowest BCUT2D eigenvalue weighted by molar-refractivity contribution is -0.0503. The van der Waals surface area contributed by atoms with Crippen LogP contribution in [-0.4, -0.2) is 6.61 Å². The van der Waals surface area contributed by atoms with Crippen LogP contribution >= 0.6 is 43.5 Å². The fourth-order valence-corrected chi connectivity index (χ4v) is 2.47. The van der Waals surface area contributed by atoms with Crippen molar-refractivity contribution in [2.45, 2.75) is 12.5 Å². The van der Waals surface area contributed by atoms with Crippen LogP contribution in [0.5, 0.6) is 5.75 Å². The summed E-state index contributed by atoms with van der Waals surface area (Å²) in [5, 5.41) is 0. The highest BCUT2D eigenvalue weighted by molar-refractivity contribution is 9.11. The summed E-state index contributed by atoms with van der Waals surface area (Å²) in [5.74, 6) is 0.312. The molecule has 0 aliphatic heterocycles. The van der Waals surface area contributed by atoms with E-state index < -0.39 is 6.61 Å². The molecule has 0 N–H and O–H groups in total. The molecule has 1 nitrogen and oxygen atoms in total. The number of ether oxygens (including phenoxy) is 1. The smallest absolute Gasteiger partial charge is 0.387 e. The van der Waals surface area contributed by atoms with Crippen molar-refractivity contribution in [2.75, 3.05) is 0 Å². The molecule has 0 fully saturated rings. The largest absolute Gasteiger partial charge is 0.434 e. The van der Waals surface area contributed by atoms with Gasteiger partial charge in [-0.25, -0.2) is 0 Å². The van der Waals surface area contributed by atoms with E-state index in [1.807, 2.05) is 0 Å². The SMILES string of the molecule is FC(F)Oc1cc(CCl)c(Br)cc1Br. The number of hydrogen-bond acceptors (Lipinski definition) is 1. The zero-order valence-electron chi connectivity index (χ0n) is 6.74. The lowest BCUT2D eigenvalue weighted by atomic mass is 10.2. The first-order valence-corrected chi connectivity index (χ1v) is 5.65. The van der Waals surface area contributed by atoms with Gasteiger partial charge in [0.15, 0.2) is 0 Å². The maximum absolute atomic E-state index is 11.9. The minimum atomic E-state index is -2.84. The first-order chi connectivity index (χ1) is 6.54. The Morgan fingerprint density at radius 2 is 1.93 bits per heavy atom. The zero-order chi connectivity index (χ0) is 10.7. The van der Waals surface area contributed by atoms with E-state index in [-0.39, 0.29) is 11.6 Å². The van der Waals surface area contributed by atoms with Gasteiger partial charge < -0.3 is 4.74 Å². The van der Waals surface area contributed by atoms with Gasteiger partial charge in [-0.15, -0.1) is 11.6 Å². The van der Waals surface area contributed by atoms with Gasteiger partial charge >= 0.3 is 6.61 Å². The van der Waals surface area contributed by atoms with Crippen molar-refractivity contribution < 1.29 is 13.5 Å². The molecule has 6 heteroatoms. The second-order valence-electron chi connectivity index (χ2n) is 2.39. The molecule has 0 saturated carbocycles. The van der Waals surface area contributed by atoms with Crippen molar-refractivity contribution in [2.24, 2.45) is 0 Å². The molecule has 78 valence electrons. The summed E-state index contributed by atoms with van der Waals surface area (Å²) in [6.45, 7) is -2.84. The molecule has 0 saturated heterocycles. The van der Waals surface area contributed by atoms with Crippen molar-refractivity contribution in [1.29, 1.82) is 0 Å². The van der Waals surface area contributed by atoms with E-state index in [2.05, 4.69) is 36.6 Å². The van der Waals surface area contributed by atoms with Crippen molar-refractivity contribution >= 4 is 43.5 Å². The van der Waals surface area contributed by atoms with Gasteiger partial charge in [-0.2, -0.15) is 8.78 Å². The van der Waals surface area contributed by atoms with Crippen LogP contribution in [0.15, 0.2) is 21.1 Å². The summed E-state index contributed by atoms with van der Waals surface area (Å²) in [5.41, 5.74) is 0.700. The molecule has 0 aromatic heterocycles. The Balaban J connectivity index is 3.04. The fraction of sp³-hybridized carbons (Fsp3) is 0.250. The molecule has 1 rings (SSSR count). The van der Waals surface area contributed by atoms with E-state index in [1.165, 1.54) is 6.07 Å². The summed E-state index contributed by atoms with van der Waals surface area (Å²) in [6.07, 6.45) is 0. The van der Waals surface area contributed by atoms with Crippen LogP contribution in [-0.2, 0) is 5.88 Å². The molecular formula is C8H5Br2ClF2O. The highest BCUT2D eigenvalue weighted by Gasteiger charge is 2.11. The Hall–Kier alpha value is 0.130. The van der Waals surface area contributed by atoms with Crippen molar-refractivity contribution in [3.63, 3.8) is 0 Å². The summed E-state index contributed by atoms with van der Waals surface area (Å²) in [6, 6.07) is 3.09. The van der Waals surface area contributed by atoms with Gasteiger partial charge in [-0.05, 0) is 33.6 Å². The maximum atomic E-state index is 11.9. The van der Waals surface area contributed by atoms with E-state index in [1.54, 1.807) is 6.07 Å². The van der Waals surface area contributed by atoms with Gasteiger partial charge in [-0.3, -0.25) is 0 Å². The summed E-state index contributed by atoms with van der Waals surface area (Å²) >= 11 is 12.0. The molecule has 0 amide bonds. The average molecular weight is 350 g/mol. The molecule has 0 radical (unpaired) electrons. The van der Waals surface area contributed by atoms with Crippen LogP contribution in [0.4, 0.5) is 8.78 Å². The molecule has 0 spiro atoms. The molecule has 1 aromatic rings. The molecule has 1 aromatic carbocycles. The van der Waals surface area contributed by atoms with Crippen molar-refractivity contribution in [1.82, 2.24) is 0 Å². The first-order valence-electron chi connectivity index (χ1n) is 3.53. The van der Waals surface area contributed by atoms with Crippen LogP contribution in [0, 0.1) is 0 Å². The van der Waals surface area contributed by atoms with E-state index >= 15 is 0 Å². The average Bonchev–Trinajstić information content (AvgIpc) is 2.09. The highest BCUT2D eigenvalue weighted by Crippen LogP contribution is 2.33. The predicted octanol–water partition coefficient (Wildman–Crippen LogP) is 4.55. The molecule has 14 heavy (non-hydrogen) atoms. The molecule has 0 heterocycles. The Morgan fingerprint density at radius 3 is 2.43 bits per heavy atom. The van der Waals surface area contributed by atoms with Gasteiger partial charge in [0.05, 0.1) is 4.47 Å². The van der Waals surface area contributed by atoms with Gasteiger partial charge in [0.25, 0.3) is 0 Å². The van der Waals surface area contributed by atoms with Crippen LogP contribution in [0.2, 0.25) is 0 Å². The topological polar surface area (TPSA) is 9.23 Å². The number of rotatable bonds is 3. The predicted molar refractivity (Wildman–Crippen MR) is 58.0 cm³/mol. The van der Waals surface area contributed by atoms with Crippen LogP contribution in [0.1, 0.15) is 5.56 Å². The number of benzene rings is 1. The minimum Gasteiger partial charge on any atom is -0.434 e. The lowest BCUT2D eigenvalue weighted by Crippen LogP contribution is -2.03. The van der Waals surface area contributed by atoms with Gasteiger partial charge in [-0.1, -0.05) is 15.9 Å². The van der Waals surface area contributed by atoms with Crippen molar-refractivity contribution in [3.8, 4) is 5.75 Å². The fourth-order valence-electron chi connectivity index (χ4n) is 0.860. The second kappa shape index (κ2) is 5.28. The molecular weight excluding hydrogens is 345 g/mol. The quantitative estimate of drug-likeness (QED) is 0.727. The van der Waals surface area contributed by atoms with Crippen LogP contribution in [0.25, 0.3) is 0 Å². The summed E-state index contributed by atoms with van der Waals surface area (Å²) < 4.78 is 29.4. The van der Waals surface area contributed by atoms with Gasteiger partial charge in [0, 0.05) is 10.4 Å². The Bertz CT molecular complexity index is 333. The van der Waals surface area contributed by atoms with Gasteiger partial charge in [0.2, 0.25) is 0 Å². The Morgan fingerprint density at radius 1 is 1.29 bits per heavy atom. The normalized spacial score (nSPS) is 10.7. The van der Waals surface area contributed by atoms with Crippen LogP contribution < -0.4 is 4.74 Å².